The maximum atomic E-state index is 5.89. The van der Waals surface area contributed by atoms with Crippen molar-refractivity contribution in [3.63, 3.8) is 0 Å². The molecule has 3 rings (SSSR count). The molecule has 19 heavy (non-hydrogen) atoms. The van der Waals surface area contributed by atoms with E-state index in [1.807, 2.05) is 0 Å². The second-order valence-electron chi connectivity index (χ2n) is 5.59. The Morgan fingerprint density at radius 3 is 2.74 bits per heavy atom. The summed E-state index contributed by atoms with van der Waals surface area (Å²) in [5, 5.41) is 3.71. The normalized spacial score (nSPS) is 27.7. The van der Waals surface area contributed by atoms with Crippen LogP contribution in [0.15, 0.2) is 27.1 Å². The standard InChI is InChI=1S/C15H19Br2NO/c1-2-19-14-9-13(15(14)6-3-7-15)18-12-5-4-10(16)8-11(12)17/h4-5,8,13-14,18H,2-3,6-7,9H2,1H3. The summed E-state index contributed by atoms with van der Waals surface area (Å²) in [4.78, 5) is 0. The molecule has 2 aliphatic carbocycles. The molecule has 1 spiro atoms. The fraction of sp³-hybridized carbons (Fsp3) is 0.600. The lowest BCUT2D eigenvalue weighted by Gasteiger charge is -2.61. The van der Waals surface area contributed by atoms with Gasteiger partial charge in [-0.05, 0) is 60.3 Å². The predicted molar refractivity (Wildman–Crippen MR) is 85.6 cm³/mol. The topological polar surface area (TPSA) is 21.3 Å². The van der Waals surface area contributed by atoms with Gasteiger partial charge in [0.1, 0.15) is 0 Å². The zero-order valence-electron chi connectivity index (χ0n) is 11.1. The summed E-state index contributed by atoms with van der Waals surface area (Å²) in [6.45, 7) is 2.93. The minimum Gasteiger partial charge on any atom is -0.381 e. The third-order valence-electron chi connectivity index (χ3n) is 4.70. The monoisotopic (exact) mass is 387 g/mol. The van der Waals surface area contributed by atoms with Gasteiger partial charge in [0.15, 0.2) is 0 Å². The molecule has 0 aromatic heterocycles. The molecule has 2 aliphatic rings. The van der Waals surface area contributed by atoms with Crippen LogP contribution in [-0.2, 0) is 4.74 Å². The van der Waals surface area contributed by atoms with Gasteiger partial charge in [0.25, 0.3) is 0 Å². The van der Waals surface area contributed by atoms with Crippen molar-refractivity contribution in [3.05, 3.63) is 27.1 Å². The van der Waals surface area contributed by atoms with E-state index in [2.05, 4.69) is 62.3 Å². The lowest BCUT2D eigenvalue weighted by molar-refractivity contribution is -0.157. The van der Waals surface area contributed by atoms with E-state index in [0.29, 0.717) is 17.6 Å². The Kier molecular flexibility index (Phi) is 3.93. The van der Waals surface area contributed by atoms with Crippen molar-refractivity contribution in [1.29, 1.82) is 0 Å². The molecule has 0 radical (unpaired) electrons. The zero-order valence-corrected chi connectivity index (χ0v) is 14.3. The molecule has 4 heteroatoms. The first-order valence-electron chi connectivity index (χ1n) is 6.99. The Morgan fingerprint density at radius 2 is 2.16 bits per heavy atom. The third kappa shape index (κ3) is 2.36. The summed E-state index contributed by atoms with van der Waals surface area (Å²) in [6, 6.07) is 6.87. The van der Waals surface area contributed by atoms with Gasteiger partial charge in [-0.15, -0.1) is 0 Å². The van der Waals surface area contributed by atoms with E-state index in [0.717, 1.165) is 22.0 Å². The highest BCUT2D eigenvalue weighted by atomic mass is 79.9. The van der Waals surface area contributed by atoms with Crippen molar-refractivity contribution in [1.82, 2.24) is 0 Å². The molecular formula is C15H19Br2NO. The number of ether oxygens (including phenoxy) is 1. The summed E-state index contributed by atoms with van der Waals surface area (Å²) >= 11 is 7.12. The maximum absolute atomic E-state index is 5.89. The average molecular weight is 389 g/mol. The highest BCUT2D eigenvalue weighted by molar-refractivity contribution is 9.11. The molecule has 0 saturated heterocycles. The summed E-state index contributed by atoms with van der Waals surface area (Å²) in [6.07, 6.45) is 5.57. The third-order valence-corrected chi connectivity index (χ3v) is 5.85. The van der Waals surface area contributed by atoms with Gasteiger partial charge in [0, 0.05) is 32.7 Å². The molecule has 2 saturated carbocycles. The first kappa shape index (κ1) is 13.9. The highest BCUT2D eigenvalue weighted by Gasteiger charge is 2.58. The molecule has 0 aliphatic heterocycles. The molecule has 2 nitrogen and oxygen atoms in total. The quantitative estimate of drug-likeness (QED) is 0.785. The van der Waals surface area contributed by atoms with Crippen LogP contribution < -0.4 is 5.32 Å². The molecule has 0 heterocycles. The molecule has 1 aromatic carbocycles. The van der Waals surface area contributed by atoms with Gasteiger partial charge in [0.05, 0.1) is 6.10 Å². The Morgan fingerprint density at radius 1 is 1.37 bits per heavy atom. The van der Waals surface area contributed by atoms with Gasteiger partial charge in [0.2, 0.25) is 0 Å². The van der Waals surface area contributed by atoms with Gasteiger partial charge in [-0.3, -0.25) is 0 Å². The molecule has 2 unspecified atom stereocenters. The molecule has 0 bridgehead atoms. The van der Waals surface area contributed by atoms with Gasteiger partial charge in [-0.25, -0.2) is 0 Å². The summed E-state index contributed by atoms with van der Waals surface area (Å²) in [7, 11) is 0. The Balaban J connectivity index is 1.71. The SMILES string of the molecule is CCOC1CC(Nc2ccc(Br)cc2Br)C12CCC2. The smallest absolute Gasteiger partial charge is 0.0670 e. The number of anilines is 1. The van der Waals surface area contributed by atoms with Crippen molar-refractivity contribution in [2.24, 2.45) is 5.41 Å². The van der Waals surface area contributed by atoms with Crippen LogP contribution in [0.5, 0.6) is 0 Å². The van der Waals surface area contributed by atoms with Crippen LogP contribution in [0.1, 0.15) is 32.6 Å². The van der Waals surface area contributed by atoms with Crippen LogP contribution in [0.3, 0.4) is 0 Å². The number of rotatable bonds is 4. The second-order valence-corrected chi connectivity index (χ2v) is 7.36. The summed E-state index contributed by atoms with van der Waals surface area (Å²) in [5.74, 6) is 0. The van der Waals surface area contributed by atoms with Crippen LogP contribution >= 0.6 is 31.9 Å². The molecule has 2 fully saturated rings. The van der Waals surface area contributed by atoms with Crippen LogP contribution in [0.4, 0.5) is 5.69 Å². The largest absolute Gasteiger partial charge is 0.381 e. The lowest BCUT2D eigenvalue weighted by atomic mass is 9.51. The number of hydrogen-bond donors (Lipinski definition) is 1. The van der Waals surface area contributed by atoms with Crippen LogP contribution in [0.25, 0.3) is 0 Å². The van der Waals surface area contributed by atoms with Crippen LogP contribution in [0, 0.1) is 5.41 Å². The van der Waals surface area contributed by atoms with Crippen molar-refractivity contribution >= 4 is 37.5 Å². The van der Waals surface area contributed by atoms with Crippen molar-refractivity contribution in [2.75, 3.05) is 11.9 Å². The fourth-order valence-corrected chi connectivity index (χ4v) is 4.60. The lowest BCUT2D eigenvalue weighted by Crippen LogP contribution is -2.64. The zero-order chi connectivity index (χ0) is 13.5. The number of hydrogen-bond acceptors (Lipinski definition) is 2. The van der Waals surface area contributed by atoms with Gasteiger partial charge >= 0.3 is 0 Å². The molecule has 2 atom stereocenters. The number of nitrogens with one attached hydrogen (secondary N) is 1. The molecule has 1 aromatic rings. The minimum atomic E-state index is 0.405. The Hall–Kier alpha value is -0.0600. The van der Waals surface area contributed by atoms with E-state index in [1.165, 1.54) is 24.9 Å². The first-order chi connectivity index (χ1) is 9.15. The van der Waals surface area contributed by atoms with E-state index >= 15 is 0 Å². The number of benzene rings is 1. The van der Waals surface area contributed by atoms with E-state index in [4.69, 9.17) is 4.74 Å². The van der Waals surface area contributed by atoms with Crippen LogP contribution in [0.2, 0.25) is 0 Å². The second kappa shape index (κ2) is 5.38. The molecule has 104 valence electrons. The molecule has 1 N–H and O–H groups in total. The van der Waals surface area contributed by atoms with Crippen molar-refractivity contribution in [3.8, 4) is 0 Å². The van der Waals surface area contributed by atoms with Crippen molar-refractivity contribution in [2.45, 2.75) is 44.8 Å². The Bertz CT molecular complexity index is 473. The van der Waals surface area contributed by atoms with E-state index < -0.39 is 0 Å². The maximum Gasteiger partial charge on any atom is 0.0670 e. The van der Waals surface area contributed by atoms with Gasteiger partial charge < -0.3 is 10.1 Å². The van der Waals surface area contributed by atoms with E-state index in [9.17, 15) is 0 Å². The number of halogens is 2. The molecular weight excluding hydrogens is 370 g/mol. The van der Waals surface area contributed by atoms with E-state index in [-0.39, 0.29) is 0 Å². The fourth-order valence-electron chi connectivity index (χ4n) is 3.43. The van der Waals surface area contributed by atoms with Crippen molar-refractivity contribution < 1.29 is 4.74 Å². The highest BCUT2D eigenvalue weighted by Crippen LogP contribution is 2.58. The predicted octanol–water partition coefficient (Wildman–Crippen LogP) is 4.97. The summed E-state index contributed by atoms with van der Waals surface area (Å²) < 4.78 is 8.12. The van der Waals surface area contributed by atoms with E-state index in [1.54, 1.807) is 0 Å². The molecule has 0 amide bonds. The Labute approximate surface area is 131 Å². The first-order valence-corrected chi connectivity index (χ1v) is 8.57. The van der Waals surface area contributed by atoms with Gasteiger partial charge in [-0.1, -0.05) is 22.4 Å². The van der Waals surface area contributed by atoms with Gasteiger partial charge in [-0.2, -0.15) is 0 Å². The average Bonchev–Trinajstić information content (AvgIpc) is 2.28. The summed E-state index contributed by atoms with van der Waals surface area (Å²) in [5.41, 5.74) is 1.59. The van der Waals surface area contributed by atoms with Crippen LogP contribution in [-0.4, -0.2) is 18.8 Å². The minimum absolute atomic E-state index is 0.405.